The average Bonchev–Trinajstić information content (AvgIpc) is 2.80. The van der Waals surface area contributed by atoms with Crippen LogP contribution in [0.25, 0.3) is 0 Å². The smallest absolute Gasteiger partial charge is 0.344 e. The van der Waals surface area contributed by atoms with Gasteiger partial charge in [0.1, 0.15) is 17.2 Å². The van der Waals surface area contributed by atoms with Crippen LogP contribution >= 0.6 is 0 Å². The second-order valence-corrected chi connectivity index (χ2v) is 7.43. The molecule has 0 aliphatic carbocycles. The van der Waals surface area contributed by atoms with Crippen molar-refractivity contribution >= 4 is 23.7 Å². The minimum atomic E-state index is -2.56. The monoisotopic (exact) mass is 462 g/mol. The fraction of sp³-hybridized carbons (Fsp3) is 0.154. The largest absolute Gasteiger partial charge is 0.426 e. The third kappa shape index (κ3) is 6.85. The molecule has 0 radical (unpaired) electrons. The van der Waals surface area contributed by atoms with Crippen molar-refractivity contribution in [3.63, 3.8) is 0 Å². The Morgan fingerprint density at radius 2 is 1.06 bits per heavy atom. The summed E-state index contributed by atoms with van der Waals surface area (Å²) in [4.78, 5) is 49.2. The van der Waals surface area contributed by atoms with Gasteiger partial charge in [0.2, 0.25) is 0 Å². The Hall–Kier alpha value is -4.30. The summed E-state index contributed by atoms with van der Waals surface area (Å²) in [7, 11) is 0. The van der Waals surface area contributed by atoms with E-state index in [0.717, 1.165) is 0 Å². The number of Topliss-reactive ketones (excluding diaryl/α,β-unsaturated/α-hetero) is 1. The van der Waals surface area contributed by atoms with Crippen LogP contribution in [0.2, 0.25) is 0 Å². The Morgan fingerprint density at radius 1 is 0.647 bits per heavy atom. The van der Waals surface area contributed by atoms with E-state index >= 15 is 0 Å². The lowest BCUT2D eigenvalue weighted by Gasteiger charge is -2.24. The summed E-state index contributed by atoms with van der Waals surface area (Å²) in [5.41, 5.74) is -2.13. The highest BCUT2D eigenvalue weighted by Crippen LogP contribution is 2.24. The van der Waals surface area contributed by atoms with Crippen molar-refractivity contribution in [3.05, 3.63) is 90.5 Å². The molecule has 0 heterocycles. The summed E-state index contributed by atoms with van der Waals surface area (Å²) >= 11 is 0. The van der Waals surface area contributed by atoms with Crippen LogP contribution in [0, 0.1) is 0 Å². The molecule has 0 aliphatic rings. The van der Waals surface area contributed by atoms with Gasteiger partial charge in [-0.3, -0.25) is 14.4 Å². The molecular weight excluding hydrogens is 440 g/mol. The molecule has 8 heteroatoms. The van der Waals surface area contributed by atoms with Crippen LogP contribution in [0.5, 0.6) is 17.2 Å². The lowest BCUT2D eigenvalue weighted by molar-refractivity contribution is -0.166. The van der Waals surface area contributed by atoms with Gasteiger partial charge in [-0.1, -0.05) is 36.4 Å². The molecule has 1 atom stereocenters. The van der Waals surface area contributed by atoms with Gasteiger partial charge in [0.05, 0.1) is 12.8 Å². The van der Waals surface area contributed by atoms with Crippen LogP contribution in [0.1, 0.15) is 30.1 Å². The number of ether oxygens (including phenoxy) is 3. The van der Waals surface area contributed by atoms with Crippen molar-refractivity contribution in [1.82, 2.24) is 0 Å². The van der Waals surface area contributed by atoms with Crippen molar-refractivity contribution in [1.29, 1.82) is 0 Å². The topological polar surface area (TPSA) is 116 Å². The van der Waals surface area contributed by atoms with E-state index in [4.69, 9.17) is 14.2 Å². The molecule has 0 bridgehead atoms. The quantitative estimate of drug-likeness (QED) is 0.292. The van der Waals surface area contributed by atoms with E-state index in [1.807, 2.05) is 0 Å². The maximum atomic E-state index is 12.8. The number of carbonyl (C=O) groups excluding carboxylic acids is 4. The number of ketones is 1. The van der Waals surface area contributed by atoms with Gasteiger partial charge in [-0.15, -0.1) is 0 Å². The molecule has 0 spiro atoms. The molecule has 3 aromatic carbocycles. The third-order valence-corrected chi connectivity index (χ3v) is 4.67. The van der Waals surface area contributed by atoms with Gasteiger partial charge in [0.15, 0.2) is 11.4 Å². The summed E-state index contributed by atoms with van der Waals surface area (Å²) in [6.45, 7) is 1.40. The molecule has 3 aromatic rings. The predicted molar refractivity (Wildman–Crippen MR) is 120 cm³/mol. The summed E-state index contributed by atoms with van der Waals surface area (Å²) in [5, 5.41) is 11.0. The van der Waals surface area contributed by atoms with E-state index in [1.54, 1.807) is 36.4 Å². The van der Waals surface area contributed by atoms with Crippen LogP contribution in [0.15, 0.2) is 84.9 Å². The molecule has 0 saturated heterocycles. The number of hydrogen-bond acceptors (Lipinski definition) is 8. The zero-order valence-corrected chi connectivity index (χ0v) is 18.3. The van der Waals surface area contributed by atoms with Gasteiger partial charge in [-0.2, -0.15) is 0 Å². The molecular formula is C26H22O8. The first kappa shape index (κ1) is 24.3. The van der Waals surface area contributed by atoms with Crippen LogP contribution in [0.4, 0.5) is 0 Å². The molecule has 0 aromatic heterocycles. The molecule has 0 fully saturated rings. The van der Waals surface area contributed by atoms with Gasteiger partial charge in [0, 0.05) is 5.56 Å². The van der Waals surface area contributed by atoms with Crippen molar-refractivity contribution in [3.8, 4) is 17.2 Å². The molecule has 8 nitrogen and oxygen atoms in total. The third-order valence-electron chi connectivity index (χ3n) is 4.67. The minimum Gasteiger partial charge on any atom is -0.426 e. The van der Waals surface area contributed by atoms with Crippen molar-refractivity contribution in [2.45, 2.75) is 25.4 Å². The molecule has 0 aliphatic heterocycles. The van der Waals surface area contributed by atoms with Crippen molar-refractivity contribution in [2.24, 2.45) is 0 Å². The summed E-state index contributed by atoms with van der Waals surface area (Å²) in [6, 6.07) is 21.7. The van der Waals surface area contributed by atoms with E-state index < -0.39 is 36.4 Å². The standard InChI is InChI=1S/C26H22O8/c1-18(27)19-12-14-22(15-13-19)33-24(29)17-26(31,25(30)34-21-10-6-3-7-11-21)16-23(28)32-20-8-4-2-5-9-20/h2-15,31H,16-17H2,1H3. The van der Waals surface area contributed by atoms with E-state index in [2.05, 4.69) is 0 Å². The number of aliphatic hydroxyl groups is 1. The second kappa shape index (κ2) is 11.0. The highest BCUT2D eigenvalue weighted by molar-refractivity contribution is 5.94. The molecule has 174 valence electrons. The summed E-state index contributed by atoms with van der Waals surface area (Å²) in [5.74, 6) is -2.89. The van der Waals surface area contributed by atoms with Crippen molar-refractivity contribution < 1.29 is 38.5 Å². The molecule has 34 heavy (non-hydrogen) atoms. The lowest BCUT2D eigenvalue weighted by Crippen LogP contribution is -2.46. The summed E-state index contributed by atoms with van der Waals surface area (Å²) in [6.07, 6.45) is -1.73. The van der Waals surface area contributed by atoms with Crippen LogP contribution < -0.4 is 14.2 Å². The number of hydrogen-bond donors (Lipinski definition) is 1. The number of carbonyl (C=O) groups is 4. The predicted octanol–water partition coefficient (Wildman–Crippen LogP) is 3.52. The van der Waals surface area contributed by atoms with Gasteiger partial charge in [-0.25, -0.2) is 4.79 Å². The zero-order chi connectivity index (χ0) is 24.6. The molecule has 1 unspecified atom stereocenters. The molecule has 1 N–H and O–H groups in total. The maximum absolute atomic E-state index is 12.8. The molecule has 0 amide bonds. The van der Waals surface area contributed by atoms with E-state index in [-0.39, 0.29) is 23.0 Å². The Labute approximate surface area is 195 Å². The van der Waals surface area contributed by atoms with Gasteiger partial charge < -0.3 is 19.3 Å². The number of benzene rings is 3. The van der Waals surface area contributed by atoms with E-state index in [0.29, 0.717) is 5.56 Å². The first-order valence-electron chi connectivity index (χ1n) is 10.3. The SMILES string of the molecule is CC(=O)c1ccc(OC(=O)CC(O)(CC(=O)Oc2ccccc2)C(=O)Oc2ccccc2)cc1. The fourth-order valence-electron chi connectivity index (χ4n) is 2.96. The first-order valence-corrected chi connectivity index (χ1v) is 10.3. The first-order chi connectivity index (χ1) is 16.2. The number of rotatable bonds is 9. The Kier molecular flexibility index (Phi) is 7.89. The van der Waals surface area contributed by atoms with E-state index in [1.165, 1.54) is 55.5 Å². The Bertz CT molecular complexity index is 1160. The Balaban J connectivity index is 1.75. The van der Waals surface area contributed by atoms with Crippen LogP contribution in [-0.2, 0) is 14.4 Å². The fourth-order valence-corrected chi connectivity index (χ4v) is 2.96. The van der Waals surface area contributed by atoms with Gasteiger partial charge in [0.25, 0.3) is 0 Å². The second-order valence-electron chi connectivity index (χ2n) is 7.43. The highest BCUT2D eigenvalue weighted by Gasteiger charge is 2.44. The van der Waals surface area contributed by atoms with Gasteiger partial charge >= 0.3 is 17.9 Å². The average molecular weight is 462 g/mol. The zero-order valence-electron chi connectivity index (χ0n) is 18.3. The Morgan fingerprint density at radius 3 is 1.50 bits per heavy atom. The lowest BCUT2D eigenvalue weighted by atomic mass is 9.95. The normalized spacial score (nSPS) is 12.2. The molecule has 3 rings (SSSR count). The number of esters is 3. The maximum Gasteiger partial charge on any atom is 0.344 e. The number of para-hydroxylation sites is 2. The van der Waals surface area contributed by atoms with Gasteiger partial charge in [-0.05, 0) is 55.5 Å². The van der Waals surface area contributed by atoms with Crippen LogP contribution in [0.3, 0.4) is 0 Å². The summed E-state index contributed by atoms with van der Waals surface area (Å²) < 4.78 is 15.5. The van der Waals surface area contributed by atoms with E-state index in [9.17, 15) is 24.3 Å². The molecule has 0 saturated carbocycles. The highest BCUT2D eigenvalue weighted by atomic mass is 16.6. The van der Waals surface area contributed by atoms with Crippen LogP contribution in [-0.4, -0.2) is 34.4 Å². The van der Waals surface area contributed by atoms with Crippen molar-refractivity contribution in [2.75, 3.05) is 0 Å². The minimum absolute atomic E-state index is 0.0978.